The van der Waals surface area contributed by atoms with Crippen molar-refractivity contribution in [3.8, 4) is 0 Å². The van der Waals surface area contributed by atoms with Gasteiger partial charge in [0.05, 0.1) is 11.4 Å². The highest BCUT2D eigenvalue weighted by atomic mass is 79.9. The minimum atomic E-state index is -0.0742. The van der Waals surface area contributed by atoms with E-state index in [0.29, 0.717) is 15.4 Å². The lowest BCUT2D eigenvalue weighted by molar-refractivity contribution is -0.128. The van der Waals surface area contributed by atoms with Gasteiger partial charge in [0.15, 0.2) is 0 Å². The summed E-state index contributed by atoms with van der Waals surface area (Å²) in [5.74, 6) is 0.0125. The fraction of sp³-hybridized carbons (Fsp3) is 0.364. The van der Waals surface area contributed by atoms with E-state index in [1.165, 1.54) is 0 Å². The SMILES string of the molecule is CC(c1ccc(Cl)cc1Cl)N(C)C(=O)CBr. The number of alkyl halides is 1. The Morgan fingerprint density at radius 1 is 1.50 bits per heavy atom. The van der Waals surface area contributed by atoms with E-state index in [-0.39, 0.29) is 11.9 Å². The van der Waals surface area contributed by atoms with Crippen molar-refractivity contribution in [1.29, 1.82) is 0 Å². The number of rotatable bonds is 3. The molecular formula is C11H12BrCl2NO. The van der Waals surface area contributed by atoms with Gasteiger partial charge in [-0.2, -0.15) is 0 Å². The molecule has 0 saturated heterocycles. The zero-order chi connectivity index (χ0) is 12.3. The van der Waals surface area contributed by atoms with Crippen molar-refractivity contribution in [1.82, 2.24) is 4.90 Å². The second-order valence-corrected chi connectivity index (χ2v) is 4.88. The molecule has 0 radical (unpaired) electrons. The molecule has 2 nitrogen and oxygen atoms in total. The number of hydrogen-bond donors (Lipinski definition) is 0. The topological polar surface area (TPSA) is 20.3 Å². The fourth-order valence-electron chi connectivity index (χ4n) is 1.36. The van der Waals surface area contributed by atoms with Crippen molar-refractivity contribution < 1.29 is 4.79 Å². The molecule has 0 aliphatic carbocycles. The van der Waals surface area contributed by atoms with Crippen LogP contribution in [0.4, 0.5) is 0 Å². The molecule has 0 fully saturated rings. The van der Waals surface area contributed by atoms with E-state index in [0.717, 1.165) is 5.56 Å². The summed E-state index contributed by atoms with van der Waals surface area (Å²) in [5.41, 5.74) is 0.892. The molecule has 88 valence electrons. The van der Waals surface area contributed by atoms with Crippen LogP contribution in [-0.2, 0) is 4.79 Å². The van der Waals surface area contributed by atoms with Crippen LogP contribution in [0.1, 0.15) is 18.5 Å². The lowest BCUT2D eigenvalue weighted by atomic mass is 10.1. The first kappa shape index (κ1) is 13.8. The second-order valence-electron chi connectivity index (χ2n) is 3.48. The summed E-state index contributed by atoms with van der Waals surface area (Å²) in [5, 5.41) is 1.48. The van der Waals surface area contributed by atoms with E-state index in [1.54, 1.807) is 24.1 Å². The first-order valence-corrected chi connectivity index (χ1v) is 6.61. The molecule has 16 heavy (non-hydrogen) atoms. The molecule has 1 aromatic rings. The minimum absolute atomic E-state index is 0.0125. The van der Waals surface area contributed by atoms with Crippen molar-refractivity contribution in [2.75, 3.05) is 12.4 Å². The Balaban J connectivity index is 2.96. The maximum Gasteiger partial charge on any atom is 0.233 e. The number of carbonyl (C=O) groups excluding carboxylic acids is 1. The fourth-order valence-corrected chi connectivity index (χ4v) is 2.32. The summed E-state index contributed by atoms with van der Waals surface area (Å²) < 4.78 is 0. The Morgan fingerprint density at radius 2 is 2.12 bits per heavy atom. The van der Waals surface area contributed by atoms with E-state index >= 15 is 0 Å². The normalized spacial score (nSPS) is 12.3. The molecule has 0 aliphatic heterocycles. The van der Waals surface area contributed by atoms with Gasteiger partial charge in [0.25, 0.3) is 0 Å². The summed E-state index contributed by atoms with van der Waals surface area (Å²) in [4.78, 5) is 13.2. The number of benzene rings is 1. The zero-order valence-corrected chi connectivity index (χ0v) is 12.1. The molecule has 1 aromatic carbocycles. The lowest BCUT2D eigenvalue weighted by Crippen LogP contribution is -2.30. The molecule has 0 saturated carbocycles. The Labute approximate surface area is 114 Å². The molecule has 5 heteroatoms. The highest BCUT2D eigenvalue weighted by molar-refractivity contribution is 9.09. The van der Waals surface area contributed by atoms with Gasteiger partial charge in [0.1, 0.15) is 0 Å². The Morgan fingerprint density at radius 3 is 2.62 bits per heavy atom. The number of nitrogens with zero attached hydrogens (tertiary/aromatic N) is 1. The smallest absolute Gasteiger partial charge is 0.233 e. The lowest BCUT2D eigenvalue weighted by Gasteiger charge is -2.25. The molecule has 1 atom stereocenters. The number of carbonyl (C=O) groups is 1. The van der Waals surface area contributed by atoms with Crippen LogP contribution in [0.5, 0.6) is 0 Å². The average molecular weight is 325 g/mol. The largest absolute Gasteiger partial charge is 0.338 e. The van der Waals surface area contributed by atoms with Gasteiger partial charge in [-0.05, 0) is 24.6 Å². The third-order valence-corrected chi connectivity index (χ3v) is 3.54. The van der Waals surface area contributed by atoms with Gasteiger partial charge in [0.2, 0.25) is 5.91 Å². The van der Waals surface area contributed by atoms with Crippen LogP contribution in [0.25, 0.3) is 0 Å². The second kappa shape index (κ2) is 5.89. The summed E-state index contributed by atoms with van der Waals surface area (Å²) in [6.07, 6.45) is 0. The molecule has 1 unspecified atom stereocenters. The standard InChI is InChI=1S/C11H12BrCl2NO/c1-7(15(2)11(16)6-12)9-4-3-8(13)5-10(9)14/h3-5,7H,6H2,1-2H3. The molecule has 0 aromatic heterocycles. The first-order chi connectivity index (χ1) is 7.47. The van der Waals surface area contributed by atoms with Gasteiger partial charge in [-0.25, -0.2) is 0 Å². The minimum Gasteiger partial charge on any atom is -0.338 e. The first-order valence-electron chi connectivity index (χ1n) is 4.74. The summed E-state index contributed by atoms with van der Waals surface area (Å²) in [7, 11) is 1.75. The molecule has 0 N–H and O–H groups in total. The van der Waals surface area contributed by atoms with Gasteiger partial charge < -0.3 is 4.90 Å². The summed E-state index contributed by atoms with van der Waals surface area (Å²) in [6.45, 7) is 1.93. The van der Waals surface area contributed by atoms with Crippen molar-refractivity contribution in [2.24, 2.45) is 0 Å². The van der Waals surface area contributed by atoms with Gasteiger partial charge in [0, 0.05) is 17.1 Å². The van der Waals surface area contributed by atoms with Crippen LogP contribution in [0.2, 0.25) is 10.0 Å². The molecule has 0 spiro atoms. The third-order valence-electron chi connectivity index (χ3n) is 2.50. The van der Waals surface area contributed by atoms with Crippen molar-refractivity contribution >= 4 is 45.0 Å². The molecule has 1 amide bonds. The van der Waals surface area contributed by atoms with Gasteiger partial charge in [-0.15, -0.1) is 0 Å². The Hall–Kier alpha value is -0.250. The maximum absolute atomic E-state index is 11.5. The Bertz CT molecular complexity index is 398. The number of amides is 1. The molecule has 1 rings (SSSR count). The average Bonchev–Trinajstić information content (AvgIpc) is 2.26. The molecule has 0 bridgehead atoms. The molecule has 0 heterocycles. The van der Waals surface area contributed by atoms with Crippen LogP contribution in [-0.4, -0.2) is 23.2 Å². The van der Waals surface area contributed by atoms with Crippen LogP contribution in [0.3, 0.4) is 0 Å². The monoisotopic (exact) mass is 323 g/mol. The van der Waals surface area contributed by atoms with Crippen LogP contribution in [0, 0.1) is 0 Å². The predicted molar refractivity (Wildman–Crippen MR) is 71.4 cm³/mol. The van der Waals surface area contributed by atoms with Crippen LogP contribution >= 0.6 is 39.1 Å². The zero-order valence-electron chi connectivity index (χ0n) is 9.01. The third kappa shape index (κ3) is 3.12. The van der Waals surface area contributed by atoms with Gasteiger partial charge in [-0.3, -0.25) is 4.79 Å². The highest BCUT2D eigenvalue weighted by Crippen LogP contribution is 2.29. The van der Waals surface area contributed by atoms with Crippen molar-refractivity contribution in [2.45, 2.75) is 13.0 Å². The number of halogens is 3. The summed E-state index contributed by atoms with van der Waals surface area (Å²) in [6, 6.07) is 5.22. The van der Waals surface area contributed by atoms with Crippen LogP contribution < -0.4 is 0 Å². The van der Waals surface area contributed by atoms with E-state index in [1.807, 2.05) is 13.0 Å². The van der Waals surface area contributed by atoms with Crippen LogP contribution in [0.15, 0.2) is 18.2 Å². The van der Waals surface area contributed by atoms with Gasteiger partial charge in [-0.1, -0.05) is 45.2 Å². The van der Waals surface area contributed by atoms with E-state index < -0.39 is 0 Å². The Kier molecular flexibility index (Phi) is 5.09. The maximum atomic E-state index is 11.5. The van der Waals surface area contributed by atoms with Crippen molar-refractivity contribution in [3.63, 3.8) is 0 Å². The molecule has 0 aliphatic rings. The summed E-state index contributed by atoms with van der Waals surface area (Å²) >= 11 is 15.0. The highest BCUT2D eigenvalue weighted by Gasteiger charge is 2.18. The molecular weight excluding hydrogens is 313 g/mol. The van der Waals surface area contributed by atoms with Gasteiger partial charge >= 0.3 is 0 Å². The quantitative estimate of drug-likeness (QED) is 0.772. The van der Waals surface area contributed by atoms with E-state index in [9.17, 15) is 4.79 Å². The van der Waals surface area contributed by atoms with E-state index in [2.05, 4.69) is 15.9 Å². The predicted octanol–water partition coefficient (Wildman–Crippen LogP) is 3.91. The number of hydrogen-bond acceptors (Lipinski definition) is 1. The van der Waals surface area contributed by atoms with Crippen molar-refractivity contribution in [3.05, 3.63) is 33.8 Å². The van der Waals surface area contributed by atoms with E-state index in [4.69, 9.17) is 23.2 Å².